The van der Waals surface area contributed by atoms with Gasteiger partial charge in [0.15, 0.2) is 0 Å². The molecule has 0 fully saturated rings. The SMILES string of the molecule is C[Si](C)(C)[SiH3].[H-].[Li+]. The molecule has 0 heterocycles. The average Bonchev–Trinajstić information content (AvgIpc) is 0.722. The molecule has 0 spiro atoms. The molecule has 34 valence electrons. The van der Waals surface area contributed by atoms with Crippen molar-refractivity contribution >= 4 is 17.4 Å². The van der Waals surface area contributed by atoms with E-state index in [1.165, 1.54) is 9.76 Å². The minimum absolute atomic E-state index is 0. The maximum absolute atomic E-state index is 2.39. The van der Waals surface area contributed by atoms with Crippen LogP contribution in [0.3, 0.4) is 0 Å². The van der Waals surface area contributed by atoms with Crippen LogP contribution in [0.15, 0.2) is 0 Å². The molecule has 0 aromatic carbocycles. The average molecular weight is 112 g/mol. The van der Waals surface area contributed by atoms with E-state index < -0.39 is 7.59 Å². The quantitative estimate of drug-likeness (QED) is 0.299. The summed E-state index contributed by atoms with van der Waals surface area (Å²) in [7, 11) is 0.975. The van der Waals surface area contributed by atoms with E-state index in [1.807, 2.05) is 0 Å². The molecule has 0 rings (SSSR count). The Morgan fingerprint density at radius 1 is 1.33 bits per heavy atom. The second-order valence-corrected chi connectivity index (χ2v) is 18.0. The first-order valence-electron chi connectivity index (χ1n) is 2.00. The van der Waals surface area contributed by atoms with Crippen molar-refractivity contribution < 1.29 is 20.3 Å². The Morgan fingerprint density at radius 3 is 1.33 bits per heavy atom. The van der Waals surface area contributed by atoms with Gasteiger partial charge < -0.3 is 1.43 Å². The molecule has 0 amide bonds. The third kappa shape index (κ3) is 76.9. The summed E-state index contributed by atoms with van der Waals surface area (Å²) in [4.78, 5) is 0. The fourth-order valence-corrected chi connectivity index (χ4v) is 0. The first-order valence-corrected chi connectivity index (χ1v) is 9.00. The zero-order valence-electron chi connectivity index (χ0n) is 6.50. The van der Waals surface area contributed by atoms with Crippen LogP contribution in [0.4, 0.5) is 0 Å². The van der Waals surface area contributed by atoms with Crippen molar-refractivity contribution in [2.75, 3.05) is 0 Å². The Labute approximate surface area is 57.6 Å². The van der Waals surface area contributed by atoms with Gasteiger partial charge in [-0.25, -0.2) is 0 Å². The van der Waals surface area contributed by atoms with Crippen LogP contribution in [-0.2, 0) is 0 Å². The van der Waals surface area contributed by atoms with E-state index in [2.05, 4.69) is 19.6 Å². The van der Waals surface area contributed by atoms with Crippen molar-refractivity contribution in [2.45, 2.75) is 19.6 Å². The summed E-state index contributed by atoms with van der Waals surface area (Å²) in [6.07, 6.45) is 0. The van der Waals surface area contributed by atoms with E-state index in [4.69, 9.17) is 0 Å². The first-order chi connectivity index (χ1) is 2.00. The van der Waals surface area contributed by atoms with Crippen molar-refractivity contribution in [3.05, 3.63) is 0 Å². The van der Waals surface area contributed by atoms with E-state index in [9.17, 15) is 0 Å². The van der Waals surface area contributed by atoms with Gasteiger partial charge in [0.25, 0.3) is 0 Å². The van der Waals surface area contributed by atoms with Crippen LogP contribution in [0, 0.1) is 0 Å². The van der Waals surface area contributed by atoms with E-state index in [-0.39, 0.29) is 20.3 Å². The van der Waals surface area contributed by atoms with E-state index in [0.717, 1.165) is 0 Å². The fourth-order valence-electron chi connectivity index (χ4n) is 0. The summed E-state index contributed by atoms with van der Waals surface area (Å²) in [5, 5.41) is 0. The minimum atomic E-state index is -0.472. The Morgan fingerprint density at radius 2 is 1.33 bits per heavy atom. The molecule has 0 aromatic rings. The molecule has 0 nitrogen and oxygen atoms in total. The van der Waals surface area contributed by atoms with Crippen molar-refractivity contribution in [1.29, 1.82) is 0 Å². The van der Waals surface area contributed by atoms with Crippen LogP contribution in [-0.4, -0.2) is 17.4 Å². The summed E-state index contributed by atoms with van der Waals surface area (Å²) in [6.45, 7) is 7.16. The van der Waals surface area contributed by atoms with E-state index >= 15 is 0 Å². The second-order valence-electron chi connectivity index (χ2n) is 3.00. The molecule has 0 unspecified atom stereocenters. The summed E-state index contributed by atoms with van der Waals surface area (Å²) in [5.74, 6) is 0. The number of hydrogen-bond acceptors (Lipinski definition) is 0. The van der Waals surface area contributed by atoms with Gasteiger partial charge in [0.1, 0.15) is 0 Å². The molecule has 0 saturated heterocycles. The third-order valence-electron chi connectivity index (χ3n) is 0. The molecule has 6 heavy (non-hydrogen) atoms. The molecule has 3 heteroatoms. The van der Waals surface area contributed by atoms with Gasteiger partial charge in [-0.15, -0.1) is 0 Å². The van der Waals surface area contributed by atoms with Crippen molar-refractivity contribution in [3.63, 3.8) is 0 Å². The minimum Gasteiger partial charge on any atom is -1.00 e. The van der Waals surface area contributed by atoms with Gasteiger partial charge in [0.05, 0.1) is 0 Å². The van der Waals surface area contributed by atoms with Crippen LogP contribution in [0.25, 0.3) is 0 Å². The third-order valence-corrected chi connectivity index (χ3v) is 0. The monoisotopic (exact) mass is 112 g/mol. The smallest absolute Gasteiger partial charge is 1.00 e. The zero-order valence-corrected chi connectivity index (χ0v) is 8.50. The van der Waals surface area contributed by atoms with Gasteiger partial charge in [0.2, 0.25) is 0 Å². The van der Waals surface area contributed by atoms with Crippen LogP contribution < -0.4 is 18.9 Å². The Balaban J connectivity index is -0.0000000800. The molecular formula is C3H13LiSi2. The van der Waals surface area contributed by atoms with Gasteiger partial charge >= 0.3 is 18.9 Å². The van der Waals surface area contributed by atoms with E-state index in [1.54, 1.807) is 0 Å². The van der Waals surface area contributed by atoms with Gasteiger partial charge in [-0.3, -0.25) is 0 Å². The topological polar surface area (TPSA) is 0 Å². The normalized spacial score (nSPS) is 10.5. The molecule has 0 saturated carbocycles. The van der Waals surface area contributed by atoms with Crippen LogP contribution in [0.2, 0.25) is 19.6 Å². The second kappa shape index (κ2) is 3.09. The molecule has 0 radical (unpaired) electrons. The molecule has 0 aliphatic heterocycles. The van der Waals surface area contributed by atoms with Gasteiger partial charge in [0, 0.05) is 7.59 Å². The van der Waals surface area contributed by atoms with Crippen molar-refractivity contribution in [1.82, 2.24) is 0 Å². The van der Waals surface area contributed by atoms with Crippen LogP contribution in [0.5, 0.6) is 0 Å². The predicted octanol–water partition coefficient (Wildman–Crippen LogP) is -2.70. The van der Waals surface area contributed by atoms with Gasteiger partial charge in [-0.05, 0) is 9.76 Å². The maximum Gasteiger partial charge on any atom is 1.00 e. The Hall–Kier alpha value is 1.03. The first kappa shape index (κ1) is 10.1. The molecule has 0 atom stereocenters. The summed E-state index contributed by atoms with van der Waals surface area (Å²) >= 11 is 0. The fraction of sp³-hybridized carbons (Fsp3) is 1.00. The standard InChI is InChI=1S/C3H12Si2.Li.H/c1-5(2,3)4;;/h1-4H3;;/q;+1;-1. The zero-order chi connectivity index (χ0) is 4.50. The van der Waals surface area contributed by atoms with Crippen LogP contribution in [0.1, 0.15) is 1.43 Å². The summed E-state index contributed by atoms with van der Waals surface area (Å²) in [5.41, 5.74) is 0. The Kier molecular flexibility index (Phi) is 5.20. The van der Waals surface area contributed by atoms with Crippen molar-refractivity contribution in [3.8, 4) is 0 Å². The molecule has 0 N–H and O–H groups in total. The molecule has 0 aromatic heterocycles. The molecule has 0 aliphatic rings. The number of hydrogen-bond donors (Lipinski definition) is 0. The molecule has 0 bridgehead atoms. The van der Waals surface area contributed by atoms with Crippen LogP contribution >= 0.6 is 0 Å². The summed E-state index contributed by atoms with van der Waals surface area (Å²) < 4.78 is 0. The summed E-state index contributed by atoms with van der Waals surface area (Å²) in [6, 6.07) is 0. The molecule has 0 aliphatic carbocycles. The number of rotatable bonds is 0. The van der Waals surface area contributed by atoms with Gasteiger partial charge in [-0.1, -0.05) is 19.6 Å². The Bertz CT molecular complexity index is 28.4. The van der Waals surface area contributed by atoms with Gasteiger partial charge in [-0.2, -0.15) is 0 Å². The maximum atomic E-state index is 2.39. The van der Waals surface area contributed by atoms with E-state index in [0.29, 0.717) is 0 Å². The molecular weight excluding hydrogens is 99.1 g/mol. The van der Waals surface area contributed by atoms with Crippen molar-refractivity contribution in [2.24, 2.45) is 0 Å². The predicted molar refractivity (Wildman–Crippen MR) is 34.4 cm³/mol. The largest absolute Gasteiger partial charge is 1.00 e.